The van der Waals surface area contributed by atoms with E-state index in [2.05, 4.69) is 6.92 Å². The van der Waals surface area contributed by atoms with Crippen molar-refractivity contribution in [1.29, 1.82) is 0 Å². The Morgan fingerprint density at radius 2 is 2.00 bits per heavy atom. The van der Waals surface area contributed by atoms with Gasteiger partial charge < -0.3 is 5.11 Å². The molecule has 0 saturated heterocycles. The van der Waals surface area contributed by atoms with Gasteiger partial charge in [0.25, 0.3) is 0 Å². The minimum absolute atomic E-state index is 0. The summed E-state index contributed by atoms with van der Waals surface area (Å²) >= 11 is 0. The summed E-state index contributed by atoms with van der Waals surface area (Å²) < 4.78 is 0. The SMILES string of the molecule is CCCCO.[InH3]. The van der Waals surface area contributed by atoms with Gasteiger partial charge in [-0.1, -0.05) is 13.3 Å². The van der Waals surface area contributed by atoms with Crippen molar-refractivity contribution >= 4 is 25.8 Å². The molecule has 0 saturated carbocycles. The Labute approximate surface area is 57.5 Å². The molecule has 0 amide bonds. The van der Waals surface area contributed by atoms with Gasteiger partial charge in [-0.05, 0) is 6.42 Å². The van der Waals surface area contributed by atoms with Crippen LogP contribution in [0.3, 0.4) is 0 Å². The van der Waals surface area contributed by atoms with E-state index in [1.54, 1.807) is 0 Å². The molecule has 2 heteroatoms. The molecule has 0 bridgehead atoms. The van der Waals surface area contributed by atoms with Crippen LogP contribution in [0.25, 0.3) is 0 Å². The summed E-state index contributed by atoms with van der Waals surface area (Å²) in [5.41, 5.74) is 0. The predicted octanol–water partition coefficient (Wildman–Crippen LogP) is -0.405. The fraction of sp³-hybridized carbons (Fsp3) is 1.00. The molecule has 0 rings (SSSR count). The van der Waals surface area contributed by atoms with Crippen LogP contribution in [-0.2, 0) is 0 Å². The van der Waals surface area contributed by atoms with Gasteiger partial charge in [0, 0.05) is 6.61 Å². The molecule has 0 heterocycles. The van der Waals surface area contributed by atoms with Gasteiger partial charge in [0.15, 0.2) is 0 Å². The zero-order chi connectivity index (χ0) is 4.12. The topological polar surface area (TPSA) is 20.2 Å². The maximum atomic E-state index is 8.07. The van der Waals surface area contributed by atoms with E-state index in [9.17, 15) is 0 Å². The fourth-order valence-corrected chi connectivity index (χ4v) is 0.158. The van der Waals surface area contributed by atoms with Crippen LogP contribution in [-0.4, -0.2) is 37.6 Å². The maximum absolute atomic E-state index is 8.07. The average molecular weight is 192 g/mol. The van der Waals surface area contributed by atoms with E-state index >= 15 is 0 Å². The molecule has 38 valence electrons. The Morgan fingerprint density at radius 3 is 2.00 bits per heavy atom. The molecular formula is C4H13InO. The molecule has 0 aliphatic rings. The second kappa shape index (κ2) is 9.27. The third kappa shape index (κ3) is 8.85. The van der Waals surface area contributed by atoms with Crippen LogP contribution in [0.1, 0.15) is 19.8 Å². The zero-order valence-corrected chi connectivity index (χ0v) is 3.57. The van der Waals surface area contributed by atoms with Crippen molar-refractivity contribution in [2.75, 3.05) is 6.61 Å². The molecule has 0 radical (unpaired) electrons. The fourth-order valence-electron chi connectivity index (χ4n) is 0.158. The molecule has 0 aliphatic carbocycles. The number of aliphatic hydroxyl groups is 1. The Kier molecular flexibility index (Phi) is 15.4. The summed E-state index contributed by atoms with van der Waals surface area (Å²) in [5.74, 6) is 0. The van der Waals surface area contributed by atoms with E-state index in [1.165, 1.54) is 0 Å². The molecule has 0 unspecified atom stereocenters. The van der Waals surface area contributed by atoms with E-state index in [-0.39, 0.29) is 25.8 Å². The van der Waals surface area contributed by atoms with Gasteiger partial charge in [-0.2, -0.15) is 0 Å². The Balaban J connectivity index is 0. The van der Waals surface area contributed by atoms with Crippen LogP contribution >= 0.6 is 0 Å². The van der Waals surface area contributed by atoms with Gasteiger partial charge >= 0.3 is 25.8 Å². The zero-order valence-electron chi connectivity index (χ0n) is 3.57. The molecule has 0 aromatic rings. The first-order chi connectivity index (χ1) is 2.41. The number of rotatable bonds is 2. The summed E-state index contributed by atoms with van der Waals surface area (Å²) in [6.07, 6.45) is 2.04. The van der Waals surface area contributed by atoms with Gasteiger partial charge in [0.2, 0.25) is 0 Å². The molecule has 0 aromatic heterocycles. The van der Waals surface area contributed by atoms with Gasteiger partial charge in [0.05, 0.1) is 0 Å². The number of hydrogen-bond donors (Lipinski definition) is 1. The molecular weight excluding hydrogens is 179 g/mol. The van der Waals surface area contributed by atoms with Crippen molar-refractivity contribution in [1.82, 2.24) is 0 Å². The molecule has 0 fully saturated rings. The van der Waals surface area contributed by atoms with Gasteiger partial charge in [-0.25, -0.2) is 0 Å². The van der Waals surface area contributed by atoms with Gasteiger partial charge in [-0.3, -0.25) is 0 Å². The molecule has 0 aromatic carbocycles. The number of unbranched alkanes of at least 4 members (excludes halogenated alkanes) is 1. The third-order valence-corrected chi connectivity index (χ3v) is 0.512. The first-order valence-electron chi connectivity index (χ1n) is 2.02. The van der Waals surface area contributed by atoms with E-state index in [1.807, 2.05) is 0 Å². The molecule has 1 nitrogen and oxygen atoms in total. The monoisotopic (exact) mass is 192 g/mol. The van der Waals surface area contributed by atoms with Crippen molar-refractivity contribution in [3.8, 4) is 0 Å². The normalized spacial score (nSPS) is 7.00. The third-order valence-electron chi connectivity index (χ3n) is 0.512. The van der Waals surface area contributed by atoms with E-state index in [4.69, 9.17) is 5.11 Å². The number of hydrogen-bond acceptors (Lipinski definition) is 1. The van der Waals surface area contributed by atoms with Crippen molar-refractivity contribution in [2.24, 2.45) is 0 Å². The van der Waals surface area contributed by atoms with Crippen LogP contribution in [0.15, 0.2) is 0 Å². The van der Waals surface area contributed by atoms with Crippen molar-refractivity contribution in [2.45, 2.75) is 19.8 Å². The van der Waals surface area contributed by atoms with Crippen molar-refractivity contribution < 1.29 is 5.11 Å². The summed E-state index contributed by atoms with van der Waals surface area (Å²) in [5, 5.41) is 8.07. The molecule has 0 aliphatic heterocycles. The average Bonchev–Trinajstić information content (AvgIpc) is 1.41. The van der Waals surface area contributed by atoms with E-state index in [0.29, 0.717) is 6.61 Å². The Hall–Kier alpha value is 0.830. The second-order valence-electron chi connectivity index (χ2n) is 1.08. The molecule has 6 heavy (non-hydrogen) atoms. The Bertz CT molecular complexity index is 15.0. The van der Waals surface area contributed by atoms with Crippen LogP contribution in [0.5, 0.6) is 0 Å². The Morgan fingerprint density at radius 1 is 1.50 bits per heavy atom. The van der Waals surface area contributed by atoms with E-state index < -0.39 is 0 Å². The minimum atomic E-state index is 0. The summed E-state index contributed by atoms with van der Waals surface area (Å²) in [6.45, 7) is 2.40. The second-order valence-corrected chi connectivity index (χ2v) is 1.08. The first-order valence-corrected chi connectivity index (χ1v) is 2.02. The van der Waals surface area contributed by atoms with Crippen LogP contribution in [0.4, 0.5) is 0 Å². The van der Waals surface area contributed by atoms with Gasteiger partial charge in [-0.15, -0.1) is 0 Å². The summed E-state index contributed by atoms with van der Waals surface area (Å²) in [7, 11) is 0. The van der Waals surface area contributed by atoms with Crippen molar-refractivity contribution in [3.63, 3.8) is 0 Å². The quantitative estimate of drug-likeness (QED) is 0.630. The number of aliphatic hydroxyl groups excluding tert-OH is 1. The van der Waals surface area contributed by atoms with Crippen LogP contribution in [0, 0.1) is 0 Å². The van der Waals surface area contributed by atoms with Crippen LogP contribution < -0.4 is 0 Å². The molecule has 1 N–H and O–H groups in total. The van der Waals surface area contributed by atoms with Crippen molar-refractivity contribution in [3.05, 3.63) is 0 Å². The molecule has 0 atom stereocenters. The first kappa shape index (κ1) is 9.95. The predicted molar refractivity (Wildman–Crippen MR) is 31.9 cm³/mol. The van der Waals surface area contributed by atoms with Gasteiger partial charge in [0.1, 0.15) is 0 Å². The summed E-state index contributed by atoms with van der Waals surface area (Å²) in [4.78, 5) is 0. The van der Waals surface area contributed by atoms with E-state index in [0.717, 1.165) is 12.8 Å². The molecule has 0 spiro atoms. The summed E-state index contributed by atoms with van der Waals surface area (Å²) in [6, 6.07) is 0. The standard InChI is InChI=1S/C4H10O.In.3H/c1-2-3-4-5;;;;/h5H,2-4H2,1H3;;;;. The van der Waals surface area contributed by atoms with Crippen LogP contribution in [0.2, 0.25) is 0 Å².